The number of likely N-dealkylation sites (N-methyl/N-ethyl adjacent to an activating group) is 1. The molecule has 10 heteroatoms. The minimum Gasteiger partial charge on any atom is -0.462 e. The van der Waals surface area contributed by atoms with Crippen LogP contribution in [-0.2, 0) is 32.7 Å². The van der Waals surface area contributed by atoms with Gasteiger partial charge in [0.2, 0.25) is 0 Å². The molecule has 0 rings (SSSR count). The summed E-state index contributed by atoms with van der Waals surface area (Å²) in [7, 11) is 1.47. The Morgan fingerprint density at radius 1 is 0.492 bits per heavy atom. The van der Waals surface area contributed by atoms with Crippen LogP contribution in [0.4, 0.5) is 0 Å². The van der Waals surface area contributed by atoms with Crippen LogP contribution in [0.3, 0.4) is 0 Å². The smallest absolute Gasteiger partial charge is 0.462 e. The molecule has 0 spiro atoms. The summed E-state index contributed by atoms with van der Waals surface area (Å²) in [4.78, 5) is 35.5. The van der Waals surface area contributed by atoms with Crippen LogP contribution in [0.2, 0.25) is 0 Å². The quantitative estimate of drug-likeness (QED) is 0.0211. The lowest BCUT2D eigenvalue weighted by atomic mass is 10.0. The lowest BCUT2D eigenvalue weighted by Gasteiger charge is -2.24. The minimum absolute atomic E-state index is 0.0294. The number of rotatable bonds is 47. The molecule has 0 aliphatic rings. The summed E-state index contributed by atoms with van der Waals surface area (Å²) in [5.41, 5.74) is 0. The third-order valence-corrected chi connectivity index (χ3v) is 12.1. The number of esters is 2. The highest BCUT2D eigenvalue weighted by Crippen LogP contribution is 2.43. The monoisotopic (exact) mass is 909 g/mol. The maximum Gasteiger partial charge on any atom is 0.472 e. The van der Waals surface area contributed by atoms with E-state index in [1.807, 2.05) is 21.1 Å². The van der Waals surface area contributed by atoms with Gasteiger partial charge in [0, 0.05) is 12.8 Å². The third kappa shape index (κ3) is 49.2. The molecule has 2 atom stereocenters. The molecule has 368 valence electrons. The molecule has 0 saturated heterocycles. The van der Waals surface area contributed by atoms with Gasteiger partial charge in [0.05, 0.1) is 27.7 Å². The van der Waals surface area contributed by atoms with E-state index in [-0.39, 0.29) is 32.0 Å². The van der Waals surface area contributed by atoms with Crippen molar-refractivity contribution in [3.8, 4) is 0 Å². The van der Waals surface area contributed by atoms with Gasteiger partial charge < -0.3 is 18.9 Å². The summed E-state index contributed by atoms with van der Waals surface area (Å²) in [6, 6.07) is 0. The second-order valence-electron chi connectivity index (χ2n) is 18.5. The molecule has 2 unspecified atom stereocenters. The number of ether oxygens (including phenoxy) is 2. The average molecular weight is 909 g/mol. The van der Waals surface area contributed by atoms with Crippen LogP contribution in [0.15, 0.2) is 48.6 Å². The van der Waals surface area contributed by atoms with Gasteiger partial charge in [-0.3, -0.25) is 18.6 Å². The number of quaternary nitrogens is 1. The molecule has 0 saturated carbocycles. The highest BCUT2D eigenvalue weighted by molar-refractivity contribution is 7.47. The Kier molecular flexibility index (Phi) is 43.7. The fraction of sp³-hybridized carbons (Fsp3) is 0.811. The van der Waals surface area contributed by atoms with Gasteiger partial charge in [-0.1, -0.05) is 184 Å². The number of hydrogen-bond acceptors (Lipinski definition) is 7. The van der Waals surface area contributed by atoms with Gasteiger partial charge >= 0.3 is 19.8 Å². The van der Waals surface area contributed by atoms with Gasteiger partial charge in [-0.05, 0) is 77.0 Å². The fourth-order valence-electron chi connectivity index (χ4n) is 7.02. The number of phosphoric acid groups is 1. The molecular weight excluding hydrogens is 810 g/mol. The second kappa shape index (κ2) is 45.1. The SMILES string of the molecule is CCCCC/C=C\CCCCCCCC(=O)OCC(COP(=O)(O)OCC[N+](C)(C)C)OC(=O)CCCCCCCCCCCCCC/C=C\C/C=C\C/C=C\CCCCCCC. The van der Waals surface area contributed by atoms with Crippen molar-refractivity contribution in [1.29, 1.82) is 0 Å². The van der Waals surface area contributed by atoms with Gasteiger partial charge in [0.15, 0.2) is 6.10 Å². The largest absolute Gasteiger partial charge is 0.472 e. The van der Waals surface area contributed by atoms with Crippen molar-refractivity contribution in [2.75, 3.05) is 47.5 Å². The molecule has 0 aliphatic carbocycles. The van der Waals surface area contributed by atoms with Crippen molar-refractivity contribution in [2.24, 2.45) is 0 Å². The molecular formula is C53H99NO8P+. The fourth-order valence-corrected chi connectivity index (χ4v) is 7.76. The number of nitrogens with zero attached hydrogens (tertiary/aromatic N) is 1. The van der Waals surface area contributed by atoms with Crippen molar-refractivity contribution in [3.05, 3.63) is 48.6 Å². The molecule has 0 aromatic carbocycles. The van der Waals surface area contributed by atoms with Gasteiger partial charge in [0.1, 0.15) is 19.8 Å². The molecule has 0 aromatic rings. The van der Waals surface area contributed by atoms with Crippen LogP contribution in [0.1, 0.15) is 226 Å². The first-order chi connectivity index (χ1) is 30.5. The van der Waals surface area contributed by atoms with Crippen LogP contribution < -0.4 is 0 Å². The van der Waals surface area contributed by atoms with Gasteiger partial charge in [-0.25, -0.2) is 4.57 Å². The summed E-state index contributed by atoms with van der Waals surface area (Å²) in [5.74, 6) is -0.808. The van der Waals surface area contributed by atoms with Crippen LogP contribution in [-0.4, -0.2) is 74.9 Å². The van der Waals surface area contributed by atoms with Gasteiger partial charge in [-0.15, -0.1) is 0 Å². The van der Waals surface area contributed by atoms with E-state index in [0.717, 1.165) is 70.6 Å². The lowest BCUT2D eigenvalue weighted by molar-refractivity contribution is -0.870. The topological polar surface area (TPSA) is 108 Å². The summed E-state index contributed by atoms with van der Waals surface area (Å²) < 4.78 is 34.4. The van der Waals surface area contributed by atoms with E-state index >= 15 is 0 Å². The Hall–Kier alpha value is -2.03. The number of carbonyl (C=O) groups excluding carboxylic acids is 2. The second-order valence-corrected chi connectivity index (χ2v) is 20.0. The number of carbonyl (C=O) groups is 2. The standard InChI is InChI=1S/C53H98NO8P/c1-6-8-10-12-14-16-18-20-21-22-23-24-25-26-27-28-29-30-31-32-33-34-36-38-40-42-44-46-53(56)62-51(50-61-63(57,58)60-48-47-54(3,4)5)49-59-52(55)45-43-41-39-37-35-19-17-15-13-11-9-7-2/h15,17-18,20,22-23,25-26,51H,6-14,16,19,21,24,27-50H2,1-5H3/p+1/b17-15-,20-18-,23-22-,26-25-. The average Bonchev–Trinajstić information content (AvgIpc) is 3.24. The van der Waals surface area contributed by atoms with Crippen LogP contribution in [0.5, 0.6) is 0 Å². The molecule has 9 nitrogen and oxygen atoms in total. The van der Waals surface area contributed by atoms with Crippen molar-refractivity contribution < 1.29 is 42.1 Å². The van der Waals surface area contributed by atoms with E-state index in [9.17, 15) is 19.0 Å². The molecule has 0 aromatic heterocycles. The maximum absolute atomic E-state index is 12.7. The summed E-state index contributed by atoms with van der Waals surface area (Å²) in [6.45, 7) is 4.39. The Morgan fingerprint density at radius 2 is 0.857 bits per heavy atom. The molecule has 0 aliphatic heterocycles. The van der Waals surface area contributed by atoms with Crippen molar-refractivity contribution in [2.45, 2.75) is 232 Å². The zero-order valence-corrected chi connectivity index (χ0v) is 42.5. The van der Waals surface area contributed by atoms with Gasteiger partial charge in [-0.2, -0.15) is 0 Å². The zero-order chi connectivity index (χ0) is 46.4. The number of hydrogen-bond donors (Lipinski definition) is 1. The van der Waals surface area contributed by atoms with E-state index < -0.39 is 26.5 Å². The van der Waals surface area contributed by atoms with Crippen LogP contribution in [0.25, 0.3) is 0 Å². The first-order valence-corrected chi connectivity index (χ1v) is 27.4. The number of allylic oxidation sites excluding steroid dienone is 8. The molecule has 0 amide bonds. The van der Waals surface area contributed by atoms with Crippen molar-refractivity contribution in [1.82, 2.24) is 0 Å². The normalized spacial score (nSPS) is 13.8. The summed E-state index contributed by atoms with van der Waals surface area (Å²) in [5, 5.41) is 0. The van der Waals surface area contributed by atoms with Crippen LogP contribution >= 0.6 is 7.82 Å². The van der Waals surface area contributed by atoms with E-state index in [2.05, 4.69) is 62.5 Å². The Morgan fingerprint density at radius 3 is 1.32 bits per heavy atom. The van der Waals surface area contributed by atoms with Gasteiger partial charge in [0.25, 0.3) is 0 Å². The molecule has 0 bridgehead atoms. The maximum atomic E-state index is 12.7. The summed E-state index contributed by atoms with van der Waals surface area (Å²) >= 11 is 0. The van der Waals surface area contributed by atoms with E-state index in [1.54, 1.807) is 0 Å². The predicted octanol–water partition coefficient (Wildman–Crippen LogP) is 15.4. The van der Waals surface area contributed by atoms with E-state index in [0.29, 0.717) is 17.4 Å². The Balaban J connectivity index is 4.16. The lowest BCUT2D eigenvalue weighted by Crippen LogP contribution is -2.37. The highest BCUT2D eigenvalue weighted by Gasteiger charge is 2.27. The van der Waals surface area contributed by atoms with Crippen LogP contribution in [0, 0.1) is 0 Å². The number of unbranched alkanes of at least 4 members (excludes halogenated alkanes) is 25. The highest BCUT2D eigenvalue weighted by atomic mass is 31.2. The Labute approximate surface area is 388 Å². The first-order valence-electron chi connectivity index (χ1n) is 25.9. The van der Waals surface area contributed by atoms with Crippen molar-refractivity contribution in [3.63, 3.8) is 0 Å². The molecule has 1 N–H and O–H groups in total. The Bertz CT molecular complexity index is 1210. The van der Waals surface area contributed by atoms with E-state index in [1.165, 1.54) is 122 Å². The summed E-state index contributed by atoms with van der Waals surface area (Å²) in [6.07, 6.45) is 54.6. The van der Waals surface area contributed by atoms with Crippen molar-refractivity contribution >= 4 is 19.8 Å². The molecule has 0 radical (unpaired) electrons. The molecule has 0 fully saturated rings. The molecule has 63 heavy (non-hydrogen) atoms. The first kappa shape index (κ1) is 61.0. The third-order valence-electron chi connectivity index (χ3n) is 11.1. The van der Waals surface area contributed by atoms with E-state index in [4.69, 9.17) is 18.5 Å². The zero-order valence-electron chi connectivity index (χ0n) is 41.6. The number of phosphoric ester groups is 1. The predicted molar refractivity (Wildman–Crippen MR) is 266 cm³/mol. The minimum atomic E-state index is -4.38. The molecule has 0 heterocycles.